The lowest BCUT2D eigenvalue weighted by Crippen LogP contribution is -1.95. The predicted molar refractivity (Wildman–Crippen MR) is 81.4 cm³/mol. The van der Waals surface area contributed by atoms with Crippen molar-refractivity contribution in [1.82, 2.24) is 0 Å². The van der Waals surface area contributed by atoms with Crippen LogP contribution in [0.4, 0.5) is 0 Å². The van der Waals surface area contributed by atoms with Gasteiger partial charge >= 0.3 is 0 Å². The summed E-state index contributed by atoms with van der Waals surface area (Å²) < 4.78 is 5.65. The van der Waals surface area contributed by atoms with Crippen LogP contribution in [-0.4, -0.2) is 0 Å². The van der Waals surface area contributed by atoms with Crippen LogP contribution in [0.2, 0.25) is 5.02 Å². The van der Waals surface area contributed by atoms with Crippen molar-refractivity contribution in [3.05, 3.63) is 70.3 Å². The lowest BCUT2D eigenvalue weighted by Gasteiger charge is -2.07. The maximum Gasteiger partial charge on any atom is 0.130 e. The van der Waals surface area contributed by atoms with E-state index < -0.39 is 0 Å². The van der Waals surface area contributed by atoms with E-state index in [0.717, 1.165) is 11.1 Å². The number of rotatable bonds is 4. The summed E-state index contributed by atoms with van der Waals surface area (Å²) in [5.41, 5.74) is 1.76. The molecule has 0 aliphatic rings. The Bertz CT molecular complexity index is 721. The normalized spacial score (nSPS) is 9.29. The molecule has 0 saturated heterocycles. The lowest BCUT2D eigenvalue weighted by molar-refractivity contribution is 0.306. The fourth-order valence-corrected chi connectivity index (χ4v) is 1.88. The van der Waals surface area contributed by atoms with Gasteiger partial charge in [-0.15, -0.1) is 0 Å². The van der Waals surface area contributed by atoms with Gasteiger partial charge in [-0.05, 0) is 29.8 Å². The summed E-state index contributed by atoms with van der Waals surface area (Å²) in [5, 5.41) is 18.1. The monoisotopic (exact) mass is 294 g/mol. The summed E-state index contributed by atoms with van der Waals surface area (Å²) in [6.07, 6.45) is 1.53. The van der Waals surface area contributed by atoms with Gasteiger partial charge in [0.05, 0.1) is 0 Å². The van der Waals surface area contributed by atoms with Gasteiger partial charge in [0.1, 0.15) is 30.1 Å². The molecule has 0 bridgehead atoms. The van der Waals surface area contributed by atoms with E-state index in [2.05, 4.69) is 0 Å². The number of ether oxygens (including phenoxy) is 1. The Hall–Kier alpha value is -2.75. The van der Waals surface area contributed by atoms with Crippen LogP contribution < -0.4 is 4.74 Å². The average Bonchev–Trinajstić information content (AvgIpc) is 2.53. The van der Waals surface area contributed by atoms with E-state index in [1.807, 2.05) is 36.4 Å². The van der Waals surface area contributed by atoms with Crippen molar-refractivity contribution < 1.29 is 4.74 Å². The van der Waals surface area contributed by atoms with Crippen molar-refractivity contribution in [2.45, 2.75) is 6.61 Å². The Labute approximate surface area is 128 Å². The number of nitriles is 2. The summed E-state index contributed by atoms with van der Waals surface area (Å²) in [6.45, 7) is 0.385. The van der Waals surface area contributed by atoms with Crippen molar-refractivity contribution in [1.29, 1.82) is 10.5 Å². The Morgan fingerprint density at radius 1 is 1.05 bits per heavy atom. The van der Waals surface area contributed by atoms with Gasteiger partial charge in [0.2, 0.25) is 0 Å². The predicted octanol–water partition coefficient (Wildman–Crippen LogP) is 4.35. The zero-order chi connectivity index (χ0) is 15.1. The second-order valence-electron chi connectivity index (χ2n) is 4.23. The maximum absolute atomic E-state index is 8.70. The van der Waals surface area contributed by atoms with Crippen molar-refractivity contribution in [2.75, 3.05) is 0 Å². The molecule has 21 heavy (non-hydrogen) atoms. The van der Waals surface area contributed by atoms with Crippen LogP contribution in [0.1, 0.15) is 11.1 Å². The molecule has 0 saturated carbocycles. The topological polar surface area (TPSA) is 56.8 Å². The van der Waals surface area contributed by atoms with E-state index in [4.69, 9.17) is 26.9 Å². The lowest BCUT2D eigenvalue weighted by atomic mass is 10.1. The number of nitrogens with zero attached hydrogens (tertiary/aromatic N) is 2. The summed E-state index contributed by atoms with van der Waals surface area (Å²) in [7, 11) is 0. The number of hydrogen-bond donors (Lipinski definition) is 0. The molecule has 0 unspecified atom stereocenters. The Kier molecular flexibility index (Phi) is 4.99. The van der Waals surface area contributed by atoms with Crippen molar-refractivity contribution >= 4 is 17.7 Å². The third-order valence-electron chi connectivity index (χ3n) is 2.78. The first-order chi connectivity index (χ1) is 10.2. The molecular formula is C17H11ClN2O. The molecular weight excluding hydrogens is 284 g/mol. The Balaban J connectivity index is 2.04. The van der Waals surface area contributed by atoms with Gasteiger partial charge in [0, 0.05) is 10.6 Å². The number of halogens is 1. The highest BCUT2D eigenvalue weighted by atomic mass is 35.5. The van der Waals surface area contributed by atoms with Gasteiger partial charge < -0.3 is 4.74 Å². The van der Waals surface area contributed by atoms with Crippen molar-refractivity contribution in [2.24, 2.45) is 0 Å². The van der Waals surface area contributed by atoms with Crippen LogP contribution in [0.5, 0.6) is 5.75 Å². The first-order valence-corrected chi connectivity index (χ1v) is 6.59. The molecule has 0 N–H and O–H groups in total. The summed E-state index contributed by atoms with van der Waals surface area (Å²) >= 11 is 6.06. The number of hydrogen-bond acceptors (Lipinski definition) is 3. The summed E-state index contributed by atoms with van der Waals surface area (Å²) in [6, 6.07) is 18.3. The third-order valence-corrected chi connectivity index (χ3v) is 3.15. The molecule has 2 aromatic carbocycles. The quantitative estimate of drug-likeness (QED) is 0.788. The molecule has 0 heterocycles. The van der Waals surface area contributed by atoms with Gasteiger partial charge in [-0.1, -0.05) is 41.9 Å². The van der Waals surface area contributed by atoms with E-state index in [1.165, 1.54) is 6.08 Å². The molecule has 0 aliphatic carbocycles. The minimum atomic E-state index is 0.0692. The van der Waals surface area contributed by atoms with E-state index in [1.54, 1.807) is 24.3 Å². The minimum Gasteiger partial charge on any atom is -0.489 e. The fourth-order valence-electron chi connectivity index (χ4n) is 1.69. The van der Waals surface area contributed by atoms with E-state index in [0.29, 0.717) is 17.4 Å². The van der Waals surface area contributed by atoms with Gasteiger partial charge in [0.25, 0.3) is 0 Å². The second-order valence-corrected chi connectivity index (χ2v) is 4.64. The first-order valence-electron chi connectivity index (χ1n) is 6.21. The minimum absolute atomic E-state index is 0.0692. The van der Waals surface area contributed by atoms with Gasteiger partial charge in [-0.3, -0.25) is 0 Å². The molecule has 102 valence electrons. The molecule has 0 radical (unpaired) electrons. The number of allylic oxidation sites excluding steroid dienone is 1. The summed E-state index contributed by atoms with van der Waals surface area (Å²) in [5.74, 6) is 0.697. The molecule has 2 rings (SSSR count). The molecule has 0 aliphatic heterocycles. The van der Waals surface area contributed by atoms with E-state index in [9.17, 15) is 0 Å². The smallest absolute Gasteiger partial charge is 0.130 e. The largest absolute Gasteiger partial charge is 0.489 e. The van der Waals surface area contributed by atoms with Crippen LogP contribution in [0.3, 0.4) is 0 Å². The Morgan fingerprint density at radius 3 is 2.33 bits per heavy atom. The second kappa shape index (κ2) is 7.14. The highest BCUT2D eigenvalue weighted by Crippen LogP contribution is 2.19. The highest BCUT2D eigenvalue weighted by Gasteiger charge is 2.01. The zero-order valence-electron chi connectivity index (χ0n) is 11.1. The van der Waals surface area contributed by atoms with Crippen LogP contribution >= 0.6 is 11.6 Å². The van der Waals surface area contributed by atoms with E-state index in [-0.39, 0.29) is 5.57 Å². The molecule has 3 nitrogen and oxygen atoms in total. The van der Waals surface area contributed by atoms with Gasteiger partial charge in [-0.25, -0.2) is 0 Å². The maximum atomic E-state index is 8.70. The van der Waals surface area contributed by atoms with E-state index >= 15 is 0 Å². The molecule has 0 fully saturated rings. The van der Waals surface area contributed by atoms with Crippen LogP contribution in [0, 0.1) is 22.7 Å². The Morgan fingerprint density at radius 2 is 1.71 bits per heavy atom. The van der Waals surface area contributed by atoms with Crippen LogP contribution in [-0.2, 0) is 6.61 Å². The van der Waals surface area contributed by atoms with Crippen molar-refractivity contribution in [3.63, 3.8) is 0 Å². The van der Waals surface area contributed by atoms with Crippen LogP contribution in [0.25, 0.3) is 6.08 Å². The molecule has 0 atom stereocenters. The van der Waals surface area contributed by atoms with Gasteiger partial charge in [0.15, 0.2) is 0 Å². The summed E-state index contributed by atoms with van der Waals surface area (Å²) in [4.78, 5) is 0. The first kappa shape index (κ1) is 14.7. The molecule has 4 heteroatoms. The SMILES string of the molecule is N#CC(C#N)=Cc1ccc(OCc2ccccc2Cl)cc1. The molecule has 2 aromatic rings. The molecule has 0 aromatic heterocycles. The standard InChI is InChI=1S/C17H11ClN2O/c18-17-4-2-1-3-15(17)12-21-16-7-5-13(6-8-16)9-14(10-19)11-20/h1-9H,12H2. The fraction of sp³-hybridized carbons (Fsp3) is 0.0588. The van der Waals surface area contributed by atoms with Crippen molar-refractivity contribution in [3.8, 4) is 17.9 Å². The van der Waals surface area contributed by atoms with Crippen LogP contribution in [0.15, 0.2) is 54.1 Å². The van der Waals surface area contributed by atoms with Gasteiger partial charge in [-0.2, -0.15) is 10.5 Å². The molecule has 0 amide bonds. The highest BCUT2D eigenvalue weighted by molar-refractivity contribution is 6.31. The molecule has 0 spiro atoms. The zero-order valence-corrected chi connectivity index (χ0v) is 11.8. The third kappa shape index (κ3) is 4.11. The number of benzene rings is 2. The average molecular weight is 295 g/mol.